The standard InChI is InChI=1S/C18H24N2O/c1-13(2)16-8-6-15(7-9-16)12-20-10-4-5-18(20)17-11-14(3)21-19-17/h6-9,11,13,18H,4-5,10,12H2,1-3H3. The molecule has 2 aromatic rings. The van der Waals surface area contributed by atoms with E-state index >= 15 is 0 Å². The van der Waals surface area contributed by atoms with Gasteiger partial charge in [0.25, 0.3) is 0 Å². The third-order valence-corrected chi connectivity index (χ3v) is 4.38. The fraction of sp³-hybridized carbons (Fsp3) is 0.500. The van der Waals surface area contributed by atoms with Crippen LogP contribution in [0.4, 0.5) is 0 Å². The molecule has 1 aromatic heterocycles. The molecule has 1 saturated heterocycles. The Labute approximate surface area is 126 Å². The average molecular weight is 284 g/mol. The van der Waals surface area contributed by atoms with Gasteiger partial charge in [-0.25, -0.2) is 0 Å². The molecule has 112 valence electrons. The highest BCUT2D eigenvalue weighted by atomic mass is 16.5. The van der Waals surface area contributed by atoms with E-state index in [0.717, 1.165) is 24.5 Å². The maximum atomic E-state index is 5.24. The molecule has 1 unspecified atom stereocenters. The highest BCUT2D eigenvalue weighted by Crippen LogP contribution is 2.32. The molecule has 0 amide bonds. The molecule has 3 heteroatoms. The fourth-order valence-corrected chi connectivity index (χ4v) is 3.14. The van der Waals surface area contributed by atoms with Gasteiger partial charge in [0.2, 0.25) is 0 Å². The third-order valence-electron chi connectivity index (χ3n) is 4.38. The van der Waals surface area contributed by atoms with Gasteiger partial charge in [-0.2, -0.15) is 0 Å². The van der Waals surface area contributed by atoms with Crippen molar-refractivity contribution < 1.29 is 4.52 Å². The van der Waals surface area contributed by atoms with E-state index in [2.05, 4.69) is 54.2 Å². The number of nitrogens with zero attached hydrogens (tertiary/aromatic N) is 2. The molecule has 2 heterocycles. The predicted octanol–water partition coefficient (Wildman–Crippen LogP) is 4.44. The van der Waals surface area contributed by atoms with Gasteiger partial charge in [-0.05, 0) is 43.4 Å². The number of benzene rings is 1. The lowest BCUT2D eigenvalue weighted by Gasteiger charge is -2.22. The molecule has 1 fully saturated rings. The summed E-state index contributed by atoms with van der Waals surface area (Å²) in [4.78, 5) is 2.52. The highest BCUT2D eigenvalue weighted by Gasteiger charge is 2.28. The first-order valence-corrected chi connectivity index (χ1v) is 7.89. The zero-order valence-corrected chi connectivity index (χ0v) is 13.2. The zero-order valence-electron chi connectivity index (χ0n) is 13.2. The fourth-order valence-electron chi connectivity index (χ4n) is 3.14. The van der Waals surface area contributed by atoms with Crippen LogP contribution in [-0.2, 0) is 6.54 Å². The van der Waals surface area contributed by atoms with Gasteiger partial charge in [-0.15, -0.1) is 0 Å². The molecule has 3 rings (SSSR count). The van der Waals surface area contributed by atoms with E-state index in [9.17, 15) is 0 Å². The Morgan fingerprint density at radius 2 is 2.05 bits per heavy atom. The quantitative estimate of drug-likeness (QED) is 0.831. The van der Waals surface area contributed by atoms with Gasteiger partial charge in [0.1, 0.15) is 11.5 Å². The molecule has 0 aliphatic carbocycles. The number of hydrogen-bond acceptors (Lipinski definition) is 3. The van der Waals surface area contributed by atoms with Crippen LogP contribution in [0.25, 0.3) is 0 Å². The normalized spacial score (nSPS) is 19.5. The minimum Gasteiger partial charge on any atom is -0.361 e. The van der Waals surface area contributed by atoms with Crippen LogP contribution in [0.5, 0.6) is 0 Å². The summed E-state index contributed by atoms with van der Waals surface area (Å²) >= 11 is 0. The van der Waals surface area contributed by atoms with Crippen LogP contribution in [0.2, 0.25) is 0 Å². The smallest absolute Gasteiger partial charge is 0.133 e. The summed E-state index contributed by atoms with van der Waals surface area (Å²) in [5.74, 6) is 1.50. The van der Waals surface area contributed by atoms with Crippen LogP contribution in [0, 0.1) is 6.92 Å². The number of aromatic nitrogens is 1. The van der Waals surface area contributed by atoms with Gasteiger partial charge in [-0.3, -0.25) is 4.90 Å². The average Bonchev–Trinajstić information content (AvgIpc) is 3.08. The van der Waals surface area contributed by atoms with Crippen molar-refractivity contribution in [3.63, 3.8) is 0 Å². The minimum atomic E-state index is 0.409. The molecular weight excluding hydrogens is 260 g/mol. The van der Waals surface area contributed by atoms with Gasteiger partial charge < -0.3 is 4.52 Å². The van der Waals surface area contributed by atoms with Crippen LogP contribution in [-0.4, -0.2) is 16.6 Å². The molecule has 0 radical (unpaired) electrons. The molecule has 1 aromatic carbocycles. The molecule has 3 nitrogen and oxygen atoms in total. The van der Waals surface area contributed by atoms with Crippen molar-refractivity contribution in [2.75, 3.05) is 6.54 Å². The summed E-state index contributed by atoms with van der Waals surface area (Å²) in [6.07, 6.45) is 2.41. The Hall–Kier alpha value is -1.61. The molecule has 21 heavy (non-hydrogen) atoms. The van der Waals surface area contributed by atoms with Crippen molar-refractivity contribution in [2.45, 2.75) is 52.1 Å². The largest absolute Gasteiger partial charge is 0.361 e. The summed E-state index contributed by atoms with van der Waals surface area (Å²) in [7, 11) is 0. The molecule has 0 N–H and O–H groups in total. The molecular formula is C18H24N2O. The summed E-state index contributed by atoms with van der Waals surface area (Å²) < 4.78 is 5.24. The van der Waals surface area contributed by atoms with Crippen molar-refractivity contribution in [1.29, 1.82) is 0 Å². The van der Waals surface area contributed by atoms with Crippen LogP contribution in [0.15, 0.2) is 34.9 Å². The second-order valence-corrected chi connectivity index (χ2v) is 6.39. The Morgan fingerprint density at radius 1 is 1.29 bits per heavy atom. The minimum absolute atomic E-state index is 0.409. The summed E-state index contributed by atoms with van der Waals surface area (Å²) in [5.41, 5.74) is 3.87. The second-order valence-electron chi connectivity index (χ2n) is 6.39. The maximum absolute atomic E-state index is 5.24. The number of rotatable bonds is 4. The van der Waals surface area contributed by atoms with Crippen LogP contribution >= 0.6 is 0 Å². The number of aryl methyl sites for hydroxylation is 1. The lowest BCUT2D eigenvalue weighted by molar-refractivity contribution is 0.236. The molecule has 1 aliphatic rings. The van der Waals surface area contributed by atoms with Gasteiger partial charge in [0, 0.05) is 12.6 Å². The summed E-state index contributed by atoms with van der Waals surface area (Å²) in [6.45, 7) is 8.56. The van der Waals surface area contributed by atoms with Crippen molar-refractivity contribution in [1.82, 2.24) is 10.1 Å². The van der Waals surface area contributed by atoms with E-state index in [1.54, 1.807) is 0 Å². The second kappa shape index (κ2) is 6.02. The van der Waals surface area contributed by atoms with E-state index < -0.39 is 0 Å². The van der Waals surface area contributed by atoms with Gasteiger partial charge >= 0.3 is 0 Å². The first kappa shape index (κ1) is 14.3. The van der Waals surface area contributed by atoms with Crippen LogP contribution in [0.3, 0.4) is 0 Å². The predicted molar refractivity (Wildman–Crippen MR) is 84.2 cm³/mol. The lowest BCUT2D eigenvalue weighted by Crippen LogP contribution is -2.23. The maximum Gasteiger partial charge on any atom is 0.133 e. The first-order chi connectivity index (χ1) is 10.1. The van der Waals surface area contributed by atoms with Crippen LogP contribution in [0.1, 0.15) is 61.2 Å². The number of hydrogen-bond donors (Lipinski definition) is 0. The topological polar surface area (TPSA) is 29.3 Å². The molecule has 0 spiro atoms. The van der Waals surface area contributed by atoms with Crippen molar-refractivity contribution in [3.8, 4) is 0 Å². The molecule has 1 aliphatic heterocycles. The van der Waals surface area contributed by atoms with Crippen molar-refractivity contribution >= 4 is 0 Å². The first-order valence-electron chi connectivity index (χ1n) is 7.89. The monoisotopic (exact) mass is 284 g/mol. The van der Waals surface area contributed by atoms with Crippen molar-refractivity contribution in [2.24, 2.45) is 0 Å². The Bertz CT molecular complexity index is 586. The lowest BCUT2D eigenvalue weighted by atomic mass is 10.0. The van der Waals surface area contributed by atoms with E-state index in [-0.39, 0.29) is 0 Å². The molecule has 0 bridgehead atoms. The Kier molecular flexibility index (Phi) is 4.11. The van der Waals surface area contributed by atoms with Gasteiger partial charge in [0.15, 0.2) is 0 Å². The Morgan fingerprint density at radius 3 is 2.67 bits per heavy atom. The van der Waals surface area contributed by atoms with Gasteiger partial charge in [0.05, 0.1) is 6.04 Å². The SMILES string of the molecule is Cc1cc(C2CCCN2Cc2ccc(C(C)C)cc2)no1. The van der Waals surface area contributed by atoms with E-state index in [4.69, 9.17) is 4.52 Å². The summed E-state index contributed by atoms with van der Waals surface area (Å²) in [5, 5.41) is 4.21. The molecule has 1 atom stereocenters. The van der Waals surface area contributed by atoms with E-state index in [1.165, 1.54) is 24.0 Å². The van der Waals surface area contributed by atoms with Crippen molar-refractivity contribution in [3.05, 3.63) is 52.9 Å². The summed E-state index contributed by atoms with van der Waals surface area (Å²) in [6, 6.07) is 11.5. The van der Waals surface area contributed by atoms with E-state index in [0.29, 0.717) is 12.0 Å². The van der Waals surface area contributed by atoms with Gasteiger partial charge in [-0.1, -0.05) is 43.3 Å². The van der Waals surface area contributed by atoms with Crippen LogP contribution < -0.4 is 0 Å². The highest BCUT2D eigenvalue weighted by molar-refractivity contribution is 5.25. The molecule has 0 saturated carbocycles. The van der Waals surface area contributed by atoms with E-state index in [1.807, 2.05) is 6.92 Å². The number of likely N-dealkylation sites (tertiary alicyclic amines) is 1. The third kappa shape index (κ3) is 3.18. The Balaban J connectivity index is 1.71. The zero-order chi connectivity index (χ0) is 14.8.